The van der Waals surface area contributed by atoms with Gasteiger partial charge in [-0.05, 0) is 26.0 Å². The van der Waals surface area contributed by atoms with Crippen molar-refractivity contribution in [3.63, 3.8) is 0 Å². The van der Waals surface area contributed by atoms with Crippen LogP contribution in [0.4, 0.5) is 0 Å². The maximum Gasteiger partial charge on any atom is 0.0229 e. The van der Waals surface area contributed by atoms with Crippen LogP contribution in [0.15, 0.2) is 12.8 Å². The highest BCUT2D eigenvalue weighted by Gasteiger charge is 2.26. The minimum Gasteiger partial charge on any atom is -0.377 e. The Balaban J connectivity index is 2.18. The van der Waals surface area contributed by atoms with E-state index in [1.54, 1.807) is 0 Å². The second-order valence-electron chi connectivity index (χ2n) is 4.65. The molecule has 1 heterocycles. The normalized spacial score (nSPS) is 18.1. The number of likely N-dealkylation sites (tertiary alicyclic amines) is 1. The van der Waals surface area contributed by atoms with Crippen LogP contribution in [-0.2, 0) is 0 Å². The van der Waals surface area contributed by atoms with E-state index in [2.05, 4.69) is 37.6 Å². The van der Waals surface area contributed by atoms with E-state index < -0.39 is 0 Å². The van der Waals surface area contributed by atoms with E-state index in [0.29, 0.717) is 5.54 Å². The van der Waals surface area contributed by atoms with Crippen LogP contribution < -0.4 is 5.32 Å². The van der Waals surface area contributed by atoms with Crippen LogP contribution in [0.5, 0.6) is 0 Å². The molecular formula is C12H24N2. The summed E-state index contributed by atoms with van der Waals surface area (Å²) in [5.41, 5.74) is 0.342. The zero-order chi connectivity index (χ0) is 10.6. The molecule has 0 aliphatic carbocycles. The van der Waals surface area contributed by atoms with Gasteiger partial charge in [0.25, 0.3) is 0 Å². The molecule has 2 heteroatoms. The lowest BCUT2D eigenvalue weighted by Gasteiger charge is -2.40. The van der Waals surface area contributed by atoms with E-state index in [1.165, 1.54) is 25.9 Å². The van der Waals surface area contributed by atoms with Gasteiger partial charge in [-0.3, -0.25) is 0 Å². The molecule has 0 spiro atoms. The fourth-order valence-corrected chi connectivity index (χ4v) is 1.78. The van der Waals surface area contributed by atoms with Gasteiger partial charge in [0.1, 0.15) is 0 Å². The molecule has 0 unspecified atom stereocenters. The summed E-state index contributed by atoms with van der Waals surface area (Å²) in [7, 11) is 0. The zero-order valence-corrected chi connectivity index (χ0v) is 9.84. The summed E-state index contributed by atoms with van der Waals surface area (Å²) in [5, 5.41) is 3.68. The topological polar surface area (TPSA) is 15.3 Å². The van der Waals surface area contributed by atoms with Crippen LogP contribution in [0.25, 0.3) is 0 Å². The van der Waals surface area contributed by atoms with Crippen LogP contribution >= 0.6 is 0 Å². The first kappa shape index (κ1) is 11.6. The molecule has 82 valence electrons. The van der Waals surface area contributed by atoms with Crippen molar-refractivity contribution in [1.82, 2.24) is 10.2 Å². The Kier molecular flexibility index (Phi) is 3.99. The molecule has 0 aromatic rings. The van der Waals surface area contributed by atoms with Gasteiger partial charge in [0.15, 0.2) is 0 Å². The zero-order valence-electron chi connectivity index (χ0n) is 9.84. The summed E-state index contributed by atoms with van der Waals surface area (Å²) < 4.78 is 0. The number of hydrogen-bond donors (Lipinski definition) is 1. The summed E-state index contributed by atoms with van der Waals surface area (Å²) in [6.07, 6.45) is 4.36. The van der Waals surface area contributed by atoms with Crippen molar-refractivity contribution in [3.8, 4) is 0 Å². The average molecular weight is 196 g/mol. The fourth-order valence-electron chi connectivity index (χ4n) is 1.78. The third-order valence-corrected chi connectivity index (χ3v) is 3.62. The molecule has 14 heavy (non-hydrogen) atoms. The molecule has 1 fully saturated rings. The lowest BCUT2D eigenvalue weighted by molar-refractivity contribution is 0.144. The molecule has 1 rings (SSSR count). The first-order valence-corrected chi connectivity index (χ1v) is 5.75. The summed E-state index contributed by atoms with van der Waals surface area (Å²) in [4.78, 5) is 2.27. The van der Waals surface area contributed by atoms with Crippen molar-refractivity contribution in [2.24, 2.45) is 5.92 Å². The standard InChI is InChI=1S/C12H24N2/c1-5-12(4,6-2)13-8-11-9-14(7-3)10-11/h7,11,13H,3,5-6,8-10H2,1-2,4H3. The molecular weight excluding hydrogens is 172 g/mol. The summed E-state index contributed by atoms with van der Waals surface area (Å²) in [6.45, 7) is 14.1. The van der Waals surface area contributed by atoms with E-state index in [9.17, 15) is 0 Å². The van der Waals surface area contributed by atoms with Crippen molar-refractivity contribution < 1.29 is 0 Å². The minimum absolute atomic E-state index is 0.342. The van der Waals surface area contributed by atoms with Crippen molar-refractivity contribution >= 4 is 0 Å². The predicted molar refractivity (Wildman–Crippen MR) is 62.2 cm³/mol. The van der Waals surface area contributed by atoms with Gasteiger partial charge in [-0.1, -0.05) is 20.4 Å². The largest absolute Gasteiger partial charge is 0.377 e. The van der Waals surface area contributed by atoms with Crippen LogP contribution in [-0.4, -0.2) is 30.1 Å². The number of nitrogens with one attached hydrogen (secondary N) is 1. The highest BCUT2D eigenvalue weighted by molar-refractivity contribution is 4.89. The highest BCUT2D eigenvalue weighted by atomic mass is 15.2. The maximum atomic E-state index is 3.76. The third kappa shape index (κ3) is 2.74. The van der Waals surface area contributed by atoms with Gasteiger partial charge >= 0.3 is 0 Å². The van der Waals surface area contributed by atoms with Gasteiger partial charge in [-0.2, -0.15) is 0 Å². The van der Waals surface area contributed by atoms with Gasteiger partial charge < -0.3 is 10.2 Å². The fraction of sp³-hybridized carbons (Fsp3) is 0.833. The average Bonchev–Trinajstić information content (AvgIpc) is 2.15. The Morgan fingerprint density at radius 1 is 1.43 bits per heavy atom. The molecule has 1 aliphatic heterocycles. The minimum atomic E-state index is 0.342. The molecule has 0 aromatic carbocycles. The van der Waals surface area contributed by atoms with Crippen molar-refractivity contribution in [3.05, 3.63) is 12.8 Å². The van der Waals surface area contributed by atoms with Crippen LogP contribution in [0.2, 0.25) is 0 Å². The quantitative estimate of drug-likeness (QED) is 0.701. The van der Waals surface area contributed by atoms with Crippen LogP contribution in [0, 0.1) is 5.92 Å². The Hall–Kier alpha value is -0.500. The Morgan fingerprint density at radius 2 is 2.00 bits per heavy atom. The SMILES string of the molecule is C=CN1CC(CNC(C)(CC)CC)C1. The molecule has 1 saturated heterocycles. The van der Waals surface area contributed by atoms with Crippen LogP contribution in [0.3, 0.4) is 0 Å². The number of hydrogen-bond acceptors (Lipinski definition) is 2. The first-order chi connectivity index (χ1) is 6.63. The predicted octanol–water partition coefficient (Wildman–Crippen LogP) is 2.23. The van der Waals surface area contributed by atoms with Gasteiger partial charge in [-0.25, -0.2) is 0 Å². The molecule has 0 saturated carbocycles. The third-order valence-electron chi connectivity index (χ3n) is 3.62. The molecule has 0 radical (unpaired) electrons. The molecule has 2 nitrogen and oxygen atoms in total. The summed E-state index contributed by atoms with van der Waals surface area (Å²) >= 11 is 0. The van der Waals surface area contributed by atoms with Crippen molar-refractivity contribution in [2.45, 2.75) is 39.2 Å². The monoisotopic (exact) mass is 196 g/mol. The first-order valence-electron chi connectivity index (χ1n) is 5.75. The number of nitrogens with zero attached hydrogens (tertiary/aromatic N) is 1. The smallest absolute Gasteiger partial charge is 0.0229 e. The van der Waals surface area contributed by atoms with E-state index >= 15 is 0 Å². The Bertz CT molecular complexity index is 179. The van der Waals surface area contributed by atoms with Gasteiger partial charge in [0.2, 0.25) is 0 Å². The Morgan fingerprint density at radius 3 is 2.43 bits per heavy atom. The molecule has 0 aromatic heterocycles. The molecule has 0 bridgehead atoms. The highest BCUT2D eigenvalue weighted by Crippen LogP contribution is 2.18. The summed E-state index contributed by atoms with van der Waals surface area (Å²) in [6, 6.07) is 0. The van der Waals surface area contributed by atoms with Gasteiger partial charge in [0, 0.05) is 31.1 Å². The van der Waals surface area contributed by atoms with Crippen molar-refractivity contribution in [2.75, 3.05) is 19.6 Å². The lowest BCUT2D eigenvalue weighted by atomic mass is 9.93. The van der Waals surface area contributed by atoms with E-state index in [0.717, 1.165) is 12.5 Å². The van der Waals surface area contributed by atoms with E-state index in [1.807, 2.05) is 6.20 Å². The van der Waals surface area contributed by atoms with Crippen molar-refractivity contribution in [1.29, 1.82) is 0 Å². The maximum absolute atomic E-state index is 3.76. The van der Waals surface area contributed by atoms with E-state index in [-0.39, 0.29) is 0 Å². The Labute approximate surface area is 88.4 Å². The molecule has 1 N–H and O–H groups in total. The van der Waals surface area contributed by atoms with Crippen LogP contribution in [0.1, 0.15) is 33.6 Å². The van der Waals surface area contributed by atoms with Gasteiger partial charge in [0.05, 0.1) is 0 Å². The second-order valence-corrected chi connectivity index (χ2v) is 4.65. The second kappa shape index (κ2) is 4.83. The molecule has 0 amide bonds. The lowest BCUT2D eigenvalue weighted by Crippen LogP contribution is -2.52. The van der Waals surface area contributed by atoms with Gasteiger partial charge in [-0.15, -0.1) is 0 Å². The summed E-state index contributed by atoms with van der Waals surface area (Å²) in [5.74, 6) is 0.824. The molecule has 1 aliphatic rings. The number of rotatable bonds is 6. The van der Waals surface area contributed by atoms with E-state index in [4.69, 9.17) is 0 Å². The molecule has 0 atom stereocenters.